The van der Waals surface area contributed by atoms with Gasteiger partial charge in [0.15, 0.2) is 0 Å². The lowest BCUT2D eigenvalue weighted by Gasteiger charge is -2.27. The minimum absolute atomic E-state index is 0. The number of carbonyl (C=O) groups excluding carboxylic acids is 1. The minimum Gasteiger partial charge on any atom is -0.465 e. The van der Waals surface area contributed by atoms with Crippen LogP contribution in [0.4, 0.5) is 0 Å². The monoisotopic (exact) mass is 334 g/mol. The largest absolute Gasteiger partial charge is 0.465 e. The summed E-state index contributed by atoms with van der Waals surface area (Å²) in [6.45, 7) is 3.90. The fourth-order valence-electron chi connectivity index (χ4n) is 2.21. The summed E-state index contributed by atoms with van der Waals surface area (Å²) in [6.07, 6.45) is 0. The SMILES string of the molecule is COC(=O)c1ccc(S(=O)(=O)N2CCNCC2)c(C)c1.Cl. The molecule has 0 atom stereocenters. The van der Waals surface area contributed by atoms with Crippen molar-refractivity contribution in [1.82, 2.24) is 9.62 Å². The summed E-state index contributed by atoms with van der Waals surface area (Å²) in [5.74, 6) is -0.473. The first-order chi connectivity index (χ1) is 9.46. The molecule has 1 N–H and O–H groups in total. The Morgan fingerprint density at radius 3 is 2.43 bits per heavy atom. The first kappa shape index (κ1) is 17.9. The molecule has 1 aliphatic heterocycles. The van der Waals surface area contributed by atoms with Crippen LogP contribution in [0.1, 0.15) is 15.9 Å². The number of rotatable bonds is 3. The van der Waals surface area contributed by atoms with E-state index in [0.717, 1.165) is 0 Å². The average molecular weight is 335 g/mol. The number of esters is 1. The molecule has 0 unspecified atom stereocenters. The van der Waals surface area contributed by atoms with Gasteiger partial charge >= 0.3 is 5.97 Å². The number of carbonyl (C=O) groups is 1. The van der Waals surface area contributed by atoms with Crippen LogP contribution in [-0.2, 0) is 14.8 Å². The van der Waals surface area contributed by atoms with Gasteiger partial charge in [-0.25, -0.2) is 13.2 Å². The Kier molecular flexibility index (Phi) is 6.15. The Labute approximate surface area is 130 Å². The van der Waals surface area contributed by atoms with Crippen LogP contribution in [0.5, 0.6) is 0 Å². The third-order valence-corrected chi connectivity index (χ3v) is 5.35. The fourth-order valence-corrected chi connectivity index (χ4v) is 3.85. The van der Waals surface area contributed by atoms with Crippen LogP contribution in [-0.4, -0.2) is 52.0 Å². The number of hydrogen-bond donors (Lipinski definition) is 1. The van der Waals surface area contributed by atoms with Crippen molar-refractivity contribution in [2.24, 2.45) is 0 Å². The molecule has 1 fully saturated rings. The molecular weight excluding hydrogens is 316 g/mol. The molecule has 0 radical (unpaired) electrons. The Bertz CT molecular complexity index is 613. The number of methoxy groups -OCH3 is 1. The van der Waals surface area contributed by atoms with Crippen molar-refractivity contribution in [3.8, 4) is 0 Å². The molecule has 1 aromatic rings. The molecule has 0 aromatic heterocycles. The van der Waals surface area contributed by atoms with E-state index < -0.39 is 16.0 Å². The molecule has 2 rings (SSSR count). The van der Waals surface area contributed by atoms with Gasteiger partial charge in [0.25, 0.3) is 0 Å². The van der Waals surface area contributed by atoms with Crippen molar-refractivity contribution >= 4 is 28.4 Å². The number of piperazine rings is 1. The zero-order valence-corrected chi connectivity index (χ0v) is 13.6. The molecular formula is C13H19ClN2O4S. The molecule has 0 spiro atoms. The number of aryl methyl sites for hydroxylation is 1. The molecule has 8 heteroatoms. The van der Waals surface area contributed by atoms with Crippen LogP contribution in [0.15, 0.2) is 23.1 Å². The molecule has 1 saturated heterocycles. The Balaban J connectivity index is 0.00000220. The number of sulfonamides is 1. The topological polar surface area (TPSA) is 75.7 Å². The van der Waals surface area contributed by atoms with Gasteiger partial charge in [-0.15, -0.1) is 12.4 Å². The summed E-state index contributed by atoms with van der Waals surface area (Å²) in [6, 6.07) is 4.49. The molecule has 1 aliphatic rings. The second-order valence-corrected chi connectivity index (χ2v) is 6.53. The van der Waals surface area contributed by atoms with Gasteiger partial charge in [-0.05, 0) is 30.7 Å². The number of nitrogens with one attached hydrogen (secondary N) is 1. The van der Waals surface area contributed by atoms with E-state index in [4.69, 9.17) is 0 Å². The van der Waals surface area contributed by atoms with Crippen LogP contribution in [0.25, 0.3) is 0 Å². The zero-order chi connectivity index (χ0) is 14.8. The molecule has 1 aromatic carbocycles. The van der Waals surface area contributed by atoms with Gasteiger partial charge in [-0.2, -0.15) is 4.31 Å². The third-order valence-electron chi connectivity index (χ3n) is 3.29. The Morgan fingerprint density at radius 1 is 1.29 bits per heavy atom. The number of nitrogens with zero attached hydrogens (tertiary/aromatic N) is 1. The molecule has 6 nitrogen and oxygen atoms in total. The first-order valence-corrected chi connectivity index (χ1v) is 7.80. The molecule has 0 bridgehead atoms. The van der Waals surface area contributed by atoms with Crippen LogP contribution in [0.2, 0.25) is 0 Å². The highest BCUT2D eigenvalue weighted by molar-refractivity contribution is 7.89. The van der Waals surface area contributed by atoms with Gasteiger partial charge in [-0.1, -0.05) is 0 Å². The van der Waals surface area contributed by atoms with Crippen molar-refractivity contribution in [3.63, 3.8) is 0 Å². The van der Waals surface area contributed by atoms with Crippen LogP contribution >= 0.6 is 12.4 Å². The third kappa shape index (κ3) is 3.74. The Hall–Kier alpha value is -1.15. The lowest BCUT2D eigenvalue weighted by Crippen LogP contribution is -2.46. The number of hydrogen-bond acceptors (Lipinski definition) is 5. The normalized spacial score (nSPS) is 16.1. The van der Waals surface area contributed by atoms with Gasteiger partial charge in [0, 0.05) is 26.2 Å². The summed E-state index contributed by atoms with van der Waals surface area (Å²) in [4.78, 5) is 11.7. The van der Waals surface area contributed by atoms with Crippen LogP contribution in [0, 0.1) is 6.92 Å². The number of benzene rings is 1. The minimum atomic E-state index is -3.50. The average Bonchev–Trinajstić information content (AvgIpc) is 2.47. The molecule has 0 aliphatic carbocycles. The maximum absolute atomic E-state index is 12.5. The highest BCUT2D eigenvalue weighted by Gasteiger charge is 2.27. The maximum Gasteiger partial charge on any atom is 0.337 e. The smallest absolute Gasteiger partial charge is 0.337 e. The van der Waals surface area contributed by atoms with Gasteiger partial charge in [0.1, 0.15) is 0 Å². The predicted octanol–water partition coefficient (Wildman–Crippen LogP) is 0.797. The molecule has 21 heavy (non-hydrogen) atoms. The van der Waals surface area contributed by atoms with Crippen molar-refractivity contribution in [2.45, 2.75) is 11.8 Å². The molecule has 0 amide bonds. The van der Waals surface area contributed by atoms with E-state index in [0.29, 0.717) is 37.3 Å². The Morgan fingerprint density at radius 2 is 1.90 bits per heavy atom. The second kappa shape index (κ2) is 7.22. The molecule has 0 saturated carbocycles. The van der Waals surface area contributed by atoms with Gasteiger partial charge in [0.2, 0.25) is 10.0 Å². The van der Waals surface area contributed by atoms with E-state index in [1.165, 1.54) is 23.5 Å². The molecule has 1 heterocycles. The van der Waals surface area contributed by atoms with Crippen molar-refractivity contribution in [1.29, 1.82) is 0 Å². The summed E-state index contributed by atoms with van der Waals surface area (Å²) in [5.41, 5.74) is 0.899. The summed E-state index contributed by atoms with van der Waals surface area (Å²) < 4.78 is 31.2. The first-order valence-electron chi connectivity index (χ1n) is 6.36. The quantitative estimate of drug-likeness (QED) is 0.827. The maximum atomic E-state index is 12.5. The number of ether oxygens (including phenoxy) is 1. The van der Waals surface area contributed by atoms with Gasteiger partial charge < -0.3 is 10.1 Å². The summed E-state index contributed by atoms with van der Waals surface area (Å²) in [5, 5.41) is 3.12. The van der Waals surface area contributed by atoms with Crippen molar-refractivity contribution in [2.75, 3.05) is 33.3 Å². The van der Waals surface area contributed by atoms with Crippen LogP contribution < -0.4 is 5.32 Å². The molecule has 118 valence electrons. The van der Waals surface area contributed by atoms with E-state index in [9.17, 15) is 13.2 Å². The highest BCUT2D eigenvalue weighted by atomic mass is 35.5. The van der Waals surface area contributed by atoms with E-state index in [1.54, 1.807) is 13.0 Å². The summed E-state index contributed by atoms with van der Waals surface area (Å²) in [7, 11) is -2.21. The van der Waals surface area contributed by atoms with Gasteiger partial charge in [0.05, 0.1) is 17.6 Å². The van der Waals surface area contributed by atoms with Crippen LogP contribution in [0.3, 0.4) is 0 Å². The van der Waals surface area contributed by atoms with E-state index in [1.807, 2.05) is 0 Å². The zero-order valence-electron chi connectivity index (χ0n) is 12.0. The van der Waals surface area contributed by atoms with E-state index in [2.05, 4.69) is 10.1 Å². The number of halogens is 1. The predicted molar refractivity (Wildman–Crippen MR) is 81.4 cm³/mol. The lowest BCUT2D eigenvalue weighted by molar-refractivity contribution is 0.0600. The second-order valence-electron chi connectivity index (χ2n) is 4.63. The van der Waals surface area contributed by atoms with E-state index >= 15 is 0 Å². The van der Waals surface area contributed by atoms with Gasteiger partial charge in [-0.3, -0.25) is 0 Å². The lowest BCUT2D eigenvalue weighted by atomic mass is 10.1. The van der Waals surface area contributed by atoms with E-state index in [-0.39, 0.29) is 17.3 Å². The highest BCUT2D eigenvalue weighted by Crippen LogP contribution is 2.21. The van der Waals surface area contributed by atoms with Crippen molar-refractivity contribution < 1.29 is 17.9 Å². The summed E-state index contributed by atoms with van der Waals surface area (Å²) >= 11 is 0. The fraction of sp³-hybridized carbons (Fsp3) is 0.462. The standard InChI is InChI=1S/C13H18N2O4S.ClH/c1-10-9-11(13(16)19-2)3-4-12(10)20(17,18)15-7-5-14-6-8-15;/h3-4,9,14H,5-8H2,1-2H3;1H. The van der Waals surface area contributed by atoms with Crippen molar-refractivity contribution in [3.05, 3.63) is 29.3 Å².